The molecule has 3 rings (SSSR count). The number of nitrogens with one attached hydrogen (secondary N) is 1. The first-order valence-corrected chi connectivity index (χ1v) is 8.75. The molecular formula is C14H14N4O2S2. The minimum absolute atomic E-state index is 0.131. The Morgan fingerprint density at radius 3 is 3.09 bits per heavy atom. The van der Waals surface area contributed by atoms with Crippen LogP contribution in [0.25, 0.3) is 11.5 Å². The third-order valence-corrected chi connectivity index (χ3v) is 4.41. The van der Waals surface area contributed by atoms with E-state index >= 15 is 0 Å². The van der Waals surface area contributed by atoms with Crippen LogP contribution in [-0.2, 0) is 12.2 Å². The monoisotopic (exact) mass is 334 g/mol. The van der Waals surface area contributed by atoms with Gasteiger partial charge in [0, 0.05) is 17.1 Å². The predicted molar refractivity (Wildman–Crippen MR) is 86.0 cm³/mol. The highest BCUT2D eigenvalue weighted by atomic mass is 32.2. The Hall–Kier alpha value is -1.93. The standard InChI is InChI=1S/C14H14N4O2S2/c1-2-3-10-6-12(19)17-14(15-10)22-8-11-16-13(20-18-11)9-4-5-21-7-9/h4-7H,2-3,8H2,1H3,(H,15,17,19). The zero-order valence-corrected chi connectivity index (χ0v) is 13.5. The quantitative estimate of drug-likeness (QED) is 0.551. The number of aryl methyl sites for hydroxylation is 1. The van der Waals surface area contributed by atoms with Crippen LogP contribution in [0, 0.1) is 0 Å². The Bertz CT molecular complexity index is 795. The number of hydrogen-bond donors (Lipinski definition) is 1. The summed E-state index contributed by atoms with van der Waals surface area (Å²) in [4.78, 5) is 23.1. The summed E-state index contributed by atoms with van der Waals surface area (Å²) in [7, 11) is 0. The number of thiophene rings is 1. The van der Waals surface area contributed by atoms with Crippen LogP contribution in [0.3, 0.4) is 0 Å². The van der Waals surface area contributed by atoms with Crippen LogP contribution < -0.4 is 5.56 Å². The molecule has 0 spiro atoms. The third-order valence-electron chi connectivity index (χ3n) is 2.85. The van der Waals surface area contributed by atoms with Gasteiger partial charge in [0.1, 0.15) is 0 Å². The highest BCUT2D eigenvalue weighted by Gasteiger charge is 2.10. The van der Waals surface area contributed by atoms with Crippen LogP contribution in [0.15, 0.2) is 37.4 Å². The average Bonchev–Trinajstić information content (AvgIpc) is 3.16. The van der Waals surface area contributed by atoms with Crippen LogP contribution in [0.5, 0.6) is 0 Å². The van der Waals surface area contributed by atoms with Crippen molar-refractivity contribution in [3.8, 4) is 11.5 Å². The molecule has 6 nitrogen and oxygen atoms in total. The highest BCUT2D eigenvalue weighted by Crippen LogP contribution is 2.22. The molecule has 0 atom stereocenters. The number of aromatic nitrogens is 4. The molecule has 22 heavy (non-hydrogen) atoms. The number of hydrogen-bond acceptors (Lipinski definition) is 7. The molecule has 0 amide bonds. The summed E-state index contributed by atoms with van der Waals surface area (Å²) in [6.45, 7) is 2.06. The van der Waals surface area contributed by atoms with Gasteiger partial charge in [0.2, 0.25) is 0 Å². The van der Waals surface area contributed by atoms with Gasteiger partial charge in [-0.25, -0.2) is 4.98 Å². The lowest BCUT2D eigenvalue weighted by atomic mass is 10.2. The fraction of sp³-hybridized carbons (Fsp3) is 0.286. The summed E-state index contributed by atoms with van der Waals surface area (Å²) in [5.41, 5.74) is 1.60. The zero-order chi connectivity index (χ0) is 15.4. The normalized spacial score (nSPS) is 11.0. The Morgan fingerprint density at radius 1 is 1.41 bits per heavy atom. The van der Waals surface area contributed by atoms with Crippen LogP contribution in [-0.4, -0.2) is 20.1 Å². The SMILES string of the molecule is CCCc1cc(=O)[nH]c(SCc2noc(-c3ccsc3)n2)n1. The first kappa shape index (κ1) is 15.0. The van der Waals surface area contributed by atoms with E-state index < -0.39 is 0 Å². The molecule has 0 saturated heterocycles. The van der Waals surface area contributed by atoms with Gasteiger partial charge in [0.25, 0.3) is 11.4 Å². The van der Waals surface area contributed by atoms with Gasteiger partial charge < -0.3 is 9.51 Å². The van der Waals surface area contributed by atoms with Crippen molar-refractivity contribution < 1.29 is 4.52 Å². The molecule has 0 aliphatic rings. The van der Waals surface area contributed by atoms with Crippen molar-refractivity contribution in [1.29, 1.82) is 0 Å². The first-order valence-electron chi connectivity index (χ1n) is 6.83. The van der Waals surface area contributed by atoms with Crippen LogP contribution in [0.4, 0.5) is 0 Å². The summed E-state index contributed by atoms with van der Waals surface area (Å²) in [6.07, 6.45) is 1.75. The van der Waals surface area contributed by atoms with E-state index in [4.69, 9.17) is 4.52 Å². The fourth-order valence-corrected chi connectivity index (χ4v) is 3.25. The average molecular weight is 334 g/mol. The van der Waals surface area contributed by atoms with Crippen LogP contribution in [0.2, 0.25) is 0 Å². The largest absolute Gasteiger partial charge is 0.334 e. The van der Waals surface area contributed by atoms with Crippen molar-refractivity contribution >= 4 is 23.1 Å². The first-order chi connectivity index (χ1) is 10.7. The molecule has 114 valence electrons. The molecule has 3 aromatic rings. The fourth-order valence-electron chi connectivity index (χ4n) is 1.88. The highest BCUT2D eigenvalue weighted by molar-refractivity contribution is 7.98. The molecule has 3 aromatic heterocycles. The van der Waals surface area contributed by atoms with Gasteiger partial charge in [-0.2, -0.15) is 16.3 Å². The van der Waals surface area contributed by atoms with E-state index in [1.165, 1.54) is 17.8 Å². The molecule has 0 radical (unpaired) electrons. The molecule has 0 saturated carbocycles. The number of aromatic amines is 1. The van der Waals surface area contributed by atoms with Gasteiger partial charge in [-0.15, -0.1) is 0 Å². The Kier molecular flexibility index (Phi) is 4.69. The second-order valence-electron chi connectivity index (χ2n) is 4.61. The van der Waals surface area contributed by atoms with E-state index in [9.17, 15) is 4.79 Å². The molecule has 0 aromatic carbocycles. The molecule has 0 fully saturated rings. The maximum Gasteiger partial charge on any atom is 0.258 e. The van der Waals surface area contributed by atoms with E-state index in [1.54, 1.807) is 11.3 Å². The van der Waals surface area contributed by atoms with E-state index in [0.717, 1.165) is 24.1 Å². The van der Waals surface area contributed by atoms with Crippen molar-refractivity contribution in [3.63, 3.8) is 0 Å². The van der Waals surface area contributed by atoms with Crippen molar-refractivity contribution in [1.82, 2.24) is 20.1 Å². The minimum atomic E-state index is -0.131. The molecule has 0 aliphatic heterocycles. The van der Waals surface area contributed by atoms with Gasteiger partial charge in [0.15, 0.2) is 11.0 Å². The molecule has 1 N–H and O–H groups in total. The van der Waals surface area contributed by atoms with Crippen LogP contribution in [0.1, 0.15) is 24.9 Å². The number of rotatable bonds is 6. The zero-order valence-electron chi connectivity index (χ0n) is 11.9. The van der Waals surface area contributed by atoms with E-state index in [1.807, 2.05) is 16.8 Å². The van der Waals surface area contributed by atoms with Crippen molar-refractivity contribution in [3.05, 3.63) is 44.8 Å². The van der Waals surface area contributed by atoms with Gasteiger partial charge in [-0.05, 0) is 17.9 Å². The van der Waals surface area contributed by atoms with Crippen LogP contribution >= 0.6 is 23.1 Å². The summed E-state index contributed by atoms with van der Waals surface area (Å²) in [6, 6.07) is 3.47. The Balaban J connectivity index is 1.69. The topological polar surface area (TPSA) is 84.7 Å². The summed E-state index contributed by atoms with van der Waals surface area (Å²) >= 11 is 2.97. The summed E-state index contributed by atoms with van der Waals surface area (Å²) < 4.78 is 5.22. The number of nitrogens with zero attached hydrogens (tertiary/aromatic N) is 3. The lowest BCUT2D eigenvalue weighted by molar-refractivity contribution is 0.425. The van der Waals surface area contributed by atoms with Crippen molar-refractivity contribution in [2.45, 2.75) is 30.7 Å². The smallest absolute Gasteiger partial charge is 0.258 e. The second kappa shape index (κ2) is 6.89. The molecule has 8 heteroatoms. The Labute approximate surface area is 135 Å². The molecule has 0 unspecified atom stereocenters. The maximum absolute atomic E-state index is 11.6. The lowest BCUT2D eigenvalue weighted by Crippen LogP contribution is -2.10. The van der Waals surface area contributed by atoms with Gasteiger partial charge in [-0.1, -0.05) is 30.3 Å². The van der Waals surface area contributed by atoms with E-state index in [0.29, 0.717) is 22.6 Å². The van der Waals surface area contributed by atoms with Gasteiger partial charge >= 0.3 is 0 Å². The summed E-state index contributed by atoms with van der Waals surface area (Å²) in [5.74, 6) is 1.58. The molecule has 0 aliphatic carbocycles. The summed E-state index contributed by atoms with van der Waals surface area (Å²) in [5, 5.41) is 8.44. The van der Waals surface area contributed by atoms with E-state index in [2.05, 4.69) is 27.0 Å². The maximum atomic E-state index is 11.6. The Morgan fingerprint density at radius 2 is 2.32 bits per heavy atom. The number of thioether (sulfide) groups is 1. The molecule has 3 heterocycles. The second-order valence-corrected chi connectivity index (χ2v) is 6.35. The number of H-pyrrole nitrogens is 1. The minimum Gasteiger partial charge on any atom is -0.334 e. The van der Waals surface area contributed by atoms with Gasteiger partial charge in [0.05, 0.1) is 11.3 Å². The lowest BCUT2D eigenvalue weighted by Gasteiger charge is -2.01. The molecular weight excluding hydrogens is 320 g/mol. The third kappa shape index (κ3) is 3.63. The van der Waals surface area contributed by atoms with E-state index in [-0.39, 0.29) is 5.56 Å². The van der Waals surface area contributed by atoms with Crippen molar-refractivity contribution in [2.24, 2.45) is 0 Å². The van der Waals surface area contributed by atoms with Gasteiger partial charge in [-0.3, -0.25) is 4.79 Å². The predicted octanol–water partition coefficient (Wildman–Crippen LogP) is 3.13. The molecule has 0 bridgehead atoms. The van der Waals surface area contributed by atoms with Crippen molar-refractivity contribution in [2.75, 3.05) is 0 Å².